The Kier molecular flexibility index (Phi) is 4.11. The van der Waals surface area contributed by atoms with Crippen LogP contribution in [-0.4, -0.2) is 45.3 Å². The average Bonchev–Trinajstić information content (AvgIpc) is 2.77. The highest BCUT2D eigenvalue weighted by Crippen LogP contribution is 2.25. The molecule has 1 atom stereocenters. The van der Waals surface area contributed by atoms with Crippen LogP contribution >= 0.6 is 0 Å². The van der Waals surface area contributed by atoms with Gasteiger partial charge in [-0.25, -0.2) is 0 Å². The minimum Gasteiger partial charge on any atom is -0.350 e. The Morgan fingerprint density at radius 2 is 2.14 bits per heavy atom. The Labute approximate surface area is 122 Å². The number of carbonyl (C=O) groups is 2. The van der Waals surface area contributed by atoms with Gasteiger partial charge >= 0.3 is 0 Å². The molecule has 0 spiro atoms. The predicted molar refractivity (Wildman–Crippen MR) is 76.8 cm³/mol. The van der Waals surface area contributed by atoms with Crippen molar-refractivity contribution in [1.29, 1.82) is 0 Å². The number of likely N-dealkylation sites (tertiary alicyclic amines) is 1. The number of nitrogens with zero attached hydrogens (tertiary/aromatic N) is 2. The molecule has 0 saturated carbocycles. The third-order valence-electron chi connectivity index (χ3n) is 3.46. The molecule has 1 aliphatic rings. The zero-order valence-corrected chi connectivity index (χ0v) is 12.5. The Morgan fingerprint density at radius 3 is 2.71 bits per heavy atom. The molecular weight excluding hydrogens is 272 g/mol. The van der Waals surface area contributed by atoms with Crippen LogP contribution in [0.25, 0.3) is 0 Å². The fraction of sp³-hybridized carbons (Fsp3) is 0.571. The molecule has 2 heterocycles. The van der Waals surface area contributed by atoms with Crippen molar-refractivity contribution in [2.24, 2.45) is 5.92 Å². The summed E-state index contributed by atoms with van der Waals surface area (Å²) in [5, 5.41) is 2.73. The molecule has 0 aliphatic carbocycles. The summed E-state index contributed by atoms with van der Waals surface area (Å²) in [5.74, 6) is -0.192. The lowest BCUT2D eigenvalue weighted by Gasteiger charge is -2.32. The molecule has 114 valence electrons. The number of aromatic nitrogens is 2. The SMILES string of the molecule is CC(C)(C)N1CC(CNC(=O)c2cncc(=O)[nH]2)CC1=O. The molecule has 1 fully saturated rings. The second kappa shape index (κ2) is 5.67. The number of carbonyl (C=O) groups excluding carboxylic acids is 2. The first-order valence-electron chi connectivity index (χ1n) is 6.90. The lowest BCUT2D eigenvalue weighted by atomic mass is 10.1. The third-order valence-corrected chi connectivity index (χ3v) is 3.46. The number of nitrogens with one attached hydrogen (secondary N) is 2. The summed E-state index contributed by atoms with van der Waals surface area (Å²) in [6.07, 6.45) is 2.84. The van der Waals surface area contributed by atoms with Gasteiger partial charge < -0.3 is 15.2 Å². The van der Waals surface area contributed by atoms with E-state index in [2.05, 4.69) is 15.3 Å². The van der Waals surface area contributed by atoms with E-state index < -0.39 is 5.56 Å². The van der Waals surface area contributed by atoms with Crippen LogP contribution in [0.4, 0.5) is 0 Å². The van der Waals surface area contributed by atoms with Crippen LogP contribution in [-0.2, 0) is 4.79 Å². The molecule has 21 heavy (non-hydrogen) atoms. The maximum absolute atomic E-state index is 11.9. The standard InChI is InChI=1S/C14H20N4O3/c1-14(2,3)18-8-9(4-12(18)20)5-16-13(21)10-6-15-7-11(19)17-10/h6-7,9H,4-5,8H2,1-3H3,(H,16,21)(H,17,19). The molecule has 1 aromatic rings. The topological polar surface area (TPSA) is 95.2 Å². The monoisotopic (exact) mass is 292 g/mol. The van der Waals surface area contributed by atoms with E-state index in [-0.39, 0.29) is 29.0 Å². The van der Waals surface area contributed by atoms with E-state index in [9.17, 15) is 14.4 Å². The molecule has 1 aliphatic heterocycles. The van der Waals surface area contributed by atoms with E-state index in [0.717, 1.165) is 6.20 Å². The highest BCUT2D eigenvalue weighted by molar-refractivity contribution is 5.91. The number of hydrogen-bond donors (Lipinski definition) is 2. The van der Waals surface area contributed by atoms with E-state index >= 15 is 0 Å². The summed E-state index contributed by atoms with van der Waals surface area (Å²) < 4.78 is 0. The van der Waals surface area contributed by atoms with Crippen molar-refractivity contribution < 1.29 is 9.59 Å². The van der Waals surface area contributed by atoms with E-state index in [4.69, 9.17) is 0 Å². The molecule has 0 aromatic carbocycles. The van der Waals surface area contributed by atoms with E-state index in [0.29, 0.717) is 19.5 Å². The normalized spacial score (nSPS) is 18.9. The van der Waals surface area contributed by atoms with Crippen molar-refractivity contribution in [2.45, 2.75) is 32.7 Å². The maximum Gasteiger partial charge on any atom is 0.269 e. The highest BCUT2D eigenvalue weighted by atomic mass is 16.2. The van der Waals surface area contributed by atoms with Gasteiger partial charge in [0.1, 0.15) is 5.69 Å². The molecule has 2 rings (SSSR count). The molecule has 1 saturated heterocycles. The fourth-order valence-electron chi connectivity index (χ4n) is 2.39. The summed E-state index contributed by atoms with van der Waals surface area (Å²) in [4.78, 5) is 42.9. The van der Waals surface area contributed by atoms with Crippen LogP contribution in [0.5, 0.6) is 0 Å². The van der Waals surface area contributed by atoms with Crippen LogP contribution in [0.2, 0.25) is 0 Å². The minimum absolute atomic E-state index is 0.0871. The van der Waals surface area contributed by atoms with Gasteiger partial charge in [0.15, 0.2) is 0 Å². The largest absolute Gasteiger partial charge is 0.350 e. The van der Waals surface area contributed by atoms with Crippen LogP contribution < -0.4 is 10.9 Å². The van der Waals surface area contributed by atoms with Crippen molar-refractivity contribution in [2.75, 3.05) is 13.1 Å². The van der Waals surface area contributed by atoms with Gasteiger partial charge in [-0.15, -0.1) is 0 Å². The fourth-order valence-corrected chi connectivity index (χ4v) is 2.39. The molecule has 0 radical (unpaired) electrons. The van der Waals surface area contributed by atoms with Gasteiger partial charge in [0.2, 0.25) is 5.91 Å². The molecular formula is C14H20N4O3. The summed E-state index contributed by atoms with van der Waals surface area (Å²) in [6, 6.07) is 0. The molecule has 0 bridgehead atoms. The van der Waals surface area contributed by atoms with E-state index in [1.165, 1.54) is 6.20 Å². The average molecular weight is 292 g/mol. The van der Waals surface area contributed by atoms with Crippen LogP contribution in [0.3, 0.4) is 0 Å². The lowest BCUT2D eigenvalue weighted by Crippen LogP contribution is -2.42. The summed E-state index contributed by atoms with van der Waals surface area (Å²) in [7, 11) is 0. The van der Waals surface area contributed by atoms with Gasteiger partial charge in [0.25, 0.3) is 11.5 Å². The number of hydrogen-bond acceptors (Lipinski definition) is 4. The molecule has 1 unspecified atom stereocenters. The minimum atomic E-state index is -0.419. The smallest absolute Gasteiger partial charge is 0.269 e. The molecule has 7 nitrogen and oxygen atoms in total. The summed E-state index contributed by atoms with van der Waals surface area (Å²) in [5.41, 5.74) is -0.498. The van der Waals surface area contributed by atoms with Crippen molar-refractivity contribution in [3.05, 3.63) is 28.4 Å². The zero-order valence-electron chi connectivity index (χ0n) is 12.5. The van der Waals surface area contributed by atoms with Crippen LogP contribution in [0.15, 0.2) is 17.2 Å². The molecule has 2 N–H and O–H groups in total. The summed E-state index contributed by atoms with van der Waals surface area (Å²) in [6.45, 7) is 7.00. The maximum atomic E-state index is 11.9. The second-order valence-corrected chi connectivity index (χ2v) is 6.27. The second-order valence-electron chi connectivity index (χ2n) is 6.27. The Balaban J connectivity index is 1.91. The van der Waals surface area contributed by atoms with Gasteiger partial charge in [-0.05, 0) is 20.8 Å². The highest BCUT2D eigenvalue weighted by Gasteiger charge is 2.36. The number of rotatable bonds is 3. The Morgan fingerprint density at radius 1 is 1.43 bits per heavy atom. The molecule has 1 aromatic heterocycles. The number of aromatic amines is 1. The van der Waals surface area contributed by atoms with E-state index in [1.807, 2.05) is 25.7 Å². The van der Waals surface area contributed by atoms with Crippen molar-refractivity contribution in [3.8, 4) is 0 Å². The number of amides is 2. The quantitative estimate of drug-likeness (QED) is 0.829. The lowest BCUT2D eigenvalue weighted by molar-refractivity contribution is -0.131. The van der Waals surface area contributed by atoms with Crippen molar-refractivity contribution in [3.63, 3.8) is 0 Å². The van der Waals surface area contributed by atoms with Gasteiger partial charge in [-0.3, -0.25) is 19.4 Å². The van der Waals surface area contributed by atoms with Gasteiger partial charge in [0, 0.05) is 31.0 Å². The van der Waals surface area contributed by atoms with Gasteiger partial charge in [0.05, 0.1) is 12.4 Å². The first-order valence-corrected chi connectivity index (χ1v) is 6.90. The van der Waals surface area contributed by atoms with Gasteiger partial charge in [-0.1, -0.05) is 0 Å². The van der Waals surface area contributed by atoms with Crippen molar-refractivity contribution >= 4 is 11.8 Å². The van der Waals surface area contributed by atoms with E-state index in [1.54, 1.807) is 0 Å². The Bertz CT molecular complexity index is 603. The Hall–Kier alpha value is -2.18. The number of H-pyrrole nitrogens is 1. The molecule has 7 heteroatoms. The van der Waals surface area contributed by atoms with Gasteiger partial charge in [-0.2, -0.15) is 0 Å². The van der Waals surface area contributed by atoms with Crippen LogP contribution in [0.1, 0.15) is 37.7 Å². The third kappa shape index (κ3) is 3.68. The predicted octanol–water partition coefficient (Wildman–Crippen LogP) is 0.147. The first-order chi connectivity index (χ1) is 9.77. The van der Waals surface area contributed by atoms with Crippen molar-refractivity contribution in [1.82, 2.24) is 20.2 Å². The molecule has 2 amide bonds. The summed E-state index contributed by atoms with van der Waals surface area (Å²) >= 11 is 0. The van der Waals surface area contributed by atoms with Crippen LogP contribution in [0, 0.1) is 5.92 Å². The zero-order chi connectivity index (χ0) is 15.6. The first kappa shape index (κ1) is 15.2.